The lowest BCUT2D eigenvalue weighted by Crippen LogP contribution is -2.19. The van der Waals surface area contributed by atoms with E-state index in [1.807, 2.05) is 19.1 Å². The van der Waals surface area contributed by atoms with Crippen LogP contribution >= 0.6 is 12.4 Å². The number of nitrogens with zero attached hydrogens (tertiary/aromatic N) is 1. The second-order valence-corrected chi connectivity index (χ2v) is 5.27. The first-order chi connectivity index (χ1) is 6.77. The van der Waals surface area contributed by atoms with Crippen molar-refractivity contribution in [2.24, 2.45) is 0 Å². The molecule has 1 aliphatic rings. The van der Waals surface area contributed by atoms with Crippen LogP contribution in [0.2, 0.25) is 0 Å². The third kappa shape index (κ3) is 3.00. The molecule has 1 aliphatic heterocycles. The van der Waals surface area contributed by atoms with Gasteiger partial charge in [-0.3, -0.25) is 4.21 Å². The number of hydrogen-bond acceptors (Lipinski definition) is 3. The van der Waals surface area contributed by atoms with E-state index in [1.54, 1.807) is 6.20 Å². The maximum Gasteiger partial charge on any atom is 0.127 e. The molecule has 0 aliphatic carbocycles. The van der Waals surface area contributed by atoms with Gasteiger partial charge in [-0.05, 0) is 31.5 Å². The first-order valence-electron chi connectivity index (χ1n) is 4.81. The number of rotatable bonds is 2. The number of halogens is 1. The van der Waals surface area contributed by atoms with E-state index in [0.717, 1.165) is 25.1 Å². The summed E-state index contributed by atoms with van der Waals surface area (Å²) in [7, 11) is -0.941. The summed E-state index contributed by atoms with van der Waals surface area (Å²) < 4.78 is 12.0. The number of aryl methyl sites for hydroxylation is 1. The molecule has 5 heteroatoms. The minimum Gasteiger partial charge on any atom is -0.315 e. The SMILES string of the molecule is Cc1ccc(S(=O)[C@@H]2CCNC2)nc1.Cl. The van der Waals surface area contributed by atoms with Crippen molar-refractivity contribution in [3.05, 3.63) is 23.9 Å². The summed E-state index contributed by atoms with van der Waals surface area (Å²) in [5.74, 6) is 0. The lowest BCUT2D eigenvalue weighted by molar-refractivity contribution is 0.669. The quantitative estimate of drug-likeness (QED) is 0.855. The predicted octanol–water partition coefficient (Wildman–Crippen LogP) is 1.28. The molecular weight excluding hydrogens is 232 g/mol. The van der Waals surface area contributed by atoms with Crippen molar-refractivity contribution < 1.29 is 4.21 Å². The molecule has 0 bridgehead atoms. The highest BCUT2D eigenvalue weighted by Gasteiger charge is 2.22. The molecule has 0 spiro atoms. The van der Waals surface area contributed by atoms with Crippen molar-refractivity contribution in [2.75, 3.05) is 13.1 Å². The summed E-state index contributed by atoms with van der Waals surface area (Å²) in [5.41, 5.74) is 1.11. The Morgan fingerprint density at radius 1 is 1.53 bits per heavy atom. The molecule has 1 aromatic rings. The fourth-order valence-corrected chi connectivity index (χ4v) is 2.86. The van der Waals surface area contributed by atoms with Gasteiger partial charge in [0.2, 0.25) is 0 Å². The maximum absolute atomic E-state index is 12.0. The van der Waals surface area contributed by atoms with Crippen LogP contribution < -0.4 is 5.32 Å². The van der Waals surface area contributed by atoms with Crippen molar-refractivity contribution in [3.63, 3.8) is 0 Å². The Morgan fingerprint density at radius 3 is 2.87 bits per heavy atom. The zero-order valence-electron chi connectivity index (χ0n) is 8.60. The summed E-state index contributed by atoms with van der Waals surface area (Å²) >= 11 is 0. The van der Waals surface area contributed by atoms with Crippen molar-refractivity contribution in [3.8, 4) is 0 Å². The van der Waals surface area contributed by atoms with Crippen molar-refractivity contribution in [1.82, 2.24) is 10.3 Å². The fraction of sp³-hybridized carbons (Fsp3) is 0.500. The van der Waals surface area contributed by atoms with Crippen LogP contribution in [-0.4, -0.2) is 27.5 Å². The number of nitrogens with one attached hydrogen (secondary N) is 1. The lowest BCUT2D eigenvalue weighted by atomic mass is 10.3. The topological polar surface area (TPSA) is 42.0 Å². The van der Waals surface area contributed by atoms with Crippen LogP contribution in [0.25, 0.3) is 0 Å². The van der Waals surface area contributed by atoms with E-state index in [1.165, 1.54) is 0 Å². The second kappa shape index (κ2) is 5.58. The molecule has 84 valence electrons. The molecule has 0 radical (unpaired) electrons. The Balaban J connectivity index is 0.00000112. The number of hydrogen-bond donors (Lipinski definition) is 1. The highest BCUT2D eigenvalue weighted by Crippen LogP contribution is 2.14. The van der Waals surface area contributed by atoms with Gasteiger partial charge < -0.3 is 5.32 Å². The Hall–Kier alpha value is -0.450. The first kappa shape index (κ1) is 12.6. The van der Waals surface area contributed by atoms with Crippen LogP contribution in [-0.2, 0) is 10.8 Å². The van der Waals surface area contributed by atoms with Gasteiger partial charge in [0, 0.05) is 12.7 Å². The molecule has 0 aromatic carbocycles. The summed E-state index contributed by atoms with van der Waals surface area (Å²) in [6.45, 7) is 3.81. The Kier molecular flexibility index (Phi) is 4.70. The zero-order valence-corrected chi connectivity index (χ0v) is 10.2. The summed E-state index contributed by atoms with van der Waals surface area (Å²) in [6.07, 6.45) is 2.76. The summed E-state index contributed by atoms with van der Waals surface area (Å²) in [5, 5.41) is 4.17. The molecule has 1 unspecified atom stereocenters. The summed E-state index contributed by atoms with van der Waals surface area (Å²) in [4.78, 5) is 4.19. The van der Waals surface area contributed by atoms with E-state index >= 15 is 0 Å². The minimum absolute atomic E-state index is 0. The van der Waals surface area contributed by atoms with Gasteiger partial charge in [-0.1, -0.05) is 6.07 Å². The largest absolute Gasteiger partial charge is 0.315 e. The maximum atomic E-state index is 12.0. The van der Waals surface area contributed by atoms with E-state index in [2.05, 4.69) is 10.3 Å². The predicted molar refractivity (Wildman–Crippen MR) is 63.9 cm³/mol. The lowest BCUT2D eigenvalue weighted by Gasteiger charge is -2.07. The van der Waals surface area contributed by atoms with Gasteiger partial charge in [0.15, 0.2) is 0 Å². The van der Waals surface area contributed by atoms with Crippen LogP contribution in [0.1, 0.15) is 12.0 Å². The van der Waals surface area contributed by atoms with Crippen molar-refractivity contribution in [2.45, 2.75) is 23.6 Å². The average Bonchev–Trinajstić information content (AvgIpc) is 2.71. The van der Waals surface area contributed by atoms with Crippen molar-refractivity contribution in [1.29, 1.82) is 0 Å². The van der Waals surface area contributed by atoms with E-state index in [9.17, 15) is 4.21 Å². The molecule has 1 fully saturated rings. The van der Waals surface area contributed by atoms with Gasteiger partial charge in [-0.2, -0.15) is 0 Å². The third-order valence-electron chi connectivity index (χ3n) is 2.41. The van der Waals surface area contributed by atoms with Gasteiger partial charge in [0.25, 0.3) is 0 Å². The summed E-state index contributed by atoms with van der Waals surface area (Å²) in [6, 6.07) is 3.83. The minimum atomic E-state index is -0.941. The number of pyridine rings is 1. The Labute approximate surface area is 98.5 Å². The molecule has 1 saturated heterocycles. The molecule has 1 N–H and O–H groups in total. The van der Waals surface area contributed by atoms with Crippen LogP contribution in [0.4, 0.5) is 0 Å². The second-order valence-electron chi connectivity index (χ2n) is 3.59. The van der Waals surface area contributed by atoms with E-state index in [0.29, 0.717) is 5.03 Å². The van der Waals surface area contributed by atoms with E-state index in [4.69, 9.17) is 0 Å². The van der Waals surface area contributed by atoms with Crippen LogP contribution in [0.3, 0.4) is 0 Å². The van der Waals surface area contributed by atoms with Gasteiger partial charge in [0.05, 0.1) is 16.0 Å². The van der Waals surface area contributed by atoms with E-state index < -0.39 is 10.8 Å². The number of aromatic nitrogens is 1. The fourth-order valence-electron chi connectivity index (χ4n) is 1.55. The molecule has 3 nitrogen and oxygen atoms in total. The van der Waals surface area contributed by atoms with Gasteiger partial charge in [0.1, 0.15) is 5.03 Å². The third-order valence-corrected chi connectivity index (χ3v) is 4.07. The van der Waals surface area contributed by atoms with Crippen LogP contribution in [0.15, 0.2) is 23.4 Å². The normalized spacial score (nSPS) is 22.1. The van der Waals surface area contributed by atoms with Crippen molar-refractivity contribution >= 4 is 23.2 Å². The monoisotopic (exact) mass is 246 g/mol. The highest BCUT2D eigenvalue weighted by molar-refractivity contribution is 7.85. The molecule has 2 rings (SSSR count). The molecule has 0 saturated carbocycles. The van der Waals surface area contributed by atoms with E-state index in [-0.39, 0.29) is 17.7 Å². The average molecular weight is 247 g/mol. The standard InChI is InChI=1S/C10H14N2OS.ClH/c1-8-2-3-10(12-6-8)14(13)9-4-5-11-7-9;/h2-3,6,9,11H,4-5,7H2,1H3;1H/t9-,14?;/m1./s1. The molecular formula is C10H15ClN2OS. The Morgan fingerprint density at radius 2 is 2.33 bits per heavy atom. The van der Waals surface area contributed by atoms with Crippen LogP contribution in [0, 0.1) is 6.92 Å². The molecule has 15 heavy (non-hydrogen) atoms. The zero-order chi connectivity index (χ0) is 9.97. The molecule has 0 amide bonds. The van der Waals surface area contributed by atoms with Gasteiger partial charge >= 0.3 is 0 Å². The van der Waals surface area contributed by atoms with Gasteiger partial charge in [-0.25, -0.2) is 4.98 Å². The van der Waals surface area contributed by atoms with Gasteiger partial charge in [-0.15, -0.1) is 12.4 Å². The van der Waals surface area contributed by atoms with Crippen LogP contribution in [0.5, 0.6) is 0 Å². The Bertz CT molecular complexity index is 336. The molecule has 2 heterocycles. The highest BCUT2D eigenvalue weighted by atomic mass is 35.5. The molecule has 1 aromatic heterocycles. The first-order valence-corrected chi connectivity index (χ1v) is 6.02. The smallest absolute Gasteiger partial charge is 0.127 e. The molecule has 2 atom stereocenters.